The van der Waals surface area contributed by atoms with Crippen LogP contribution in [0.5, 0.6) is 0 Å². The monoisotopic (exact) mass is 185 g/mol. The Balaban J connectivity index is 2.71. The molecule has 0 saturated carbocycles. The lowest BCUT2D eigenvalue weighted by molar-refractivity contribution is -0.0501. The second-order valence-corrected chi connectivity index (χ2v) is 3.45. The van der Waals surface area contributed by atoms with E-state index in [1.165, 1.54) is 7.05 Å². The molecule has 1 fully saturated rings. The van der Waals surface area contributed by atoms with Crippen LogP contribution in [0.4, 0.5) is 17.6 Å². The van der Waals surface area contributed by atoms with Crippen LogP contribution in [0.15, 0.2) is 0 Å². The van der Waals surface area contributed by atoms with Crippen molar-refractivity contribution in [3.8, 4) is 0 Å². The van der Waals surface area contributed by atoms with Gasteiger partial charge in [-0.05, 0) is 7.05 Å². The fourth-order valence-corrected chi connectivity index (χ4v) is 1.54. The number of alkyl halides is 4. The molecule has 1 heterocycles. The maximum Gasteiger partial charge on any atom is 0.262 e. The average molecular weight is 185 g/mol. The molecule has 0 spiro atoms. The molecule has 72 valence electrons. The molecule has 1 aliphatic heterocycles. The van der Waals surface area contributed by atoms with Crippen molar-refractivity contribution >= 4 is 0 Å². The van der Waals surface area contributed by atoms with Gasteiger partial charge in [0.1, 0.15) is 0 Å². The van der Waals surface area contributed by atoms with E-state index in [9.17, 15) is 17.6 Å². The molecule has 12 heavy (non-hydrogen) atoms. The van der Waals surface area contributed by atoms with Gasteiger partial charge in [0.15, 0.2) is 0 Å². The van der Waals surface area contributed by atoms with Gasteiger partial charge < -0.3 is 0 Å². The van der Waals surface area contributed by atoms with Gasteiger partial charge in [0, 0.05) is 13.3 Å². The summed E-state index contributed by atoms with van der Waals surface area (Å²) in [6.45, 7) is 0.108. The van der Waals surface area contributed by atoms with Crippen molar-refractivity contribution in [2.24, 2.45) is 0 Å². The van der Waals surface area contributed by atoms with Gasteiger partial charge in [-0.3, -0.25) is 4.90 Å². The fraction of sp³-hybridized carbons (Fsp3) is 1.00. The first kappa shape index (κ1) is 9.77. The molecule has 0 aromatic rings. The summed E-state index contributed by atoms with van der Waals surface area (Å²) < 4.78 is 50.5. The molecule has 0 aliphatic carbocycles. The van der Waals surface area contributed by atoms with Gasteiger partial charge in [-0.1, -0.05) is 0 Å². The predicted octanol–water partition coefficient (Wildman–Crippen LogP) is 1.98. The minimum absolute atomic E-state index is 0.568. The number of likely N-dealkylation sites (tertiary alicyclic amines) is 1. The Morgan fingerprint density at radius 2 is 1.92 bits per heavy atom. The largest absolute Gasteiger partial charge is 0.292 e. The number of hydrogen-bond acceptors (Lipinski definition) is 1. The van der Waals surface area contributed by atoms with Gasteiger partial charge in [-0.2, -0.15) is 0 Å². The normalized spacial score (nSPS) is 31.0. The minimum atomic E-state index is -3.05. The third-order valence-corrected chi connectivity index (χ3v) is 2.09. The molecule has 5 heteroatoms. The van der Waals surface area contributed by atoms with Gasteiger partial charge in [0.05, 0.1) is 12.6 Å². The smallest absolute Gasteiger partial charge is 0.262 e. The quantitative estimate of drug-likeness (QED) is 0.564. The van der Waals surface area contributed by atoms with E-state index < -0.39 is 30.9 Å². The van der Waals surface area contributed by atoms with Crippen molar-refractivity contribution in [3.05, 3.63) is 0 Å². The van der Waals surface area contributed by atoms with Crippen molar-refractivity contribution in [3.63, 3.8) is 0 Å². The summed E-state index contributed by atoms with van der Waals surface area (Å²) in [6, 6.07) is -1.33. The van der Waals surface area contributed by atoms with Crippen LogP contribution < -0.4 is 0 Å². The molecule has 0 radical (unpaired) electrons. The molecular weight excluding hydrogens is 174 g/mol. The first-order valence-electron chi connectivity index (χ1n) is 3.68. The average Bonchev–Trinajstić information content (AvgIpc) is 2.03. The summed E-state index contributed by atoms with van der Waals surface area (Å²) >= 11 is 0. The van der Waals surface area contributed by atoms with E-state index in [-0.39, 0.29) is 0 Å². The zero-order chi connectivity index (χ0) is 9.57. The molecule has 1 saturated heterocycles. The highest BCUT2D eigenvalue weighted by Crippen LogP contribution is 2.37. The number of rotatable bonds is 1. The molecule has 1 unspecified atom stereocenters. The molecule has 0 amide bonds. The Morgan fingerprint density at radius 1 is 1.42 bits per heavy atom. The Kier molecular flexibility index (Phi) is 2.10. The standard InChI is InChI=1S/C7H11F4N/c1-6(8,9)5-3-7(10,11)4-12(5)2/h5H,3-4H2,1-2H3. The van der Waals surface area contributed by atoms with Crippen LogP contribution in [-0.2, 0) is 0 Å². The first-order valence-corrected chi connectivity index (χ1v) is 3.68. The van der Waals surface area contributed by atoms with Crippen LogP contribution in [0.1, 0.15) is 13.3 Å². The van der Waals surface area contributed by atoms with Crippen molar-refractivity contribution in [1.29, 1.82) is 0 Å². The van der Waals surface area contributed by atoms with Gasteiger partial charge in [0.2, 0.25) is 0 Å². The summed E-state index contributed by atoms with van der Waals surface area (Å²) in [7, 11) is 1.29. The fourth-order valence-electron chi connectivity index (χ4n) is 1.54. The maximum atomic E-state index is 12.6. The highest BCUT2D eigenvalue weighted by Gasteiger charge is 2.51. The van der Waals surface area contributed by atoms with E-state index in [2.05, 4.69) is 0 Å². The molecule has 1 atom stereocenters. The zero-order valence-corrected chi connectivity index (χ0v) is 6.95. The topological polar surface area (TPSA) is 3.24 Å². The second kappa shape index (κ2) is 2.58. The Hall–Kier alpha value is -0.320. The molecular formula is C7H11F4N. The highest BCUT2D eigenvalue weighted by molar-refractivity contribution is 4.94. The van der Waals surface area contributed by atoms with E-state index in [4.69, 9.17) is 0 Å². The van der Waals surface area contributed by atoms with E-state index in [0.717, 1.165) is 4.90 Å². The van der Waals surface area contributed by atoms with Crippen LogP contribution in [-0.4, -0.2) is 36.4 Å². The van der Waals surface area contributed by atoms with E-state index >= 15 is 0 Å². The van der Waals surface area contributed by atoms with E-state index in [0.29, 0.717) is 6.92 Å². The van der Waals surface area contributed by atoms with Gasteiger partial charge in [0.25, 0.3) is 11.8 Å². The number of nitrogens with zero attached hydrogens (tertiary/aromatic N) is 1. The van der Waals surface area contributed by atoms with Crippen LogP contribution >= 0.6 is 0 Å². The zero-order valence-electron chi connectivity index (χ0n) is 6.95. The van der Waals surface area contributed by atoms with Crippen LogP contribution in [0.3, 0.4) is 0 Å². The maximum absolute atomic E-state index is 12.6. The Bertz CT molecular complexity index is 175. The van der Waals surface area contributed by atoms with E-state index in [1.807, 2.05) is 0 Å². The van der Waals surface area contributed by atoms with Gasteiger partial charge in [-0.15, -0.1) is 0 Å². The van der Waals surface area contributed by atoms with E-state index in [1.54, 1.807) is 0 Å². The molecule has 0 N–H and O–H groups in total. The summed E-state index contributed by atoms with van der Waals surface area (Å²) in [6.07, 6.45) is -0.743. The van der Waals surface area contributed by atoms with Crippen molar-refractivity contribution < 1.29 is 17.6 Å². The number of hydrogen-bond donors (Lipinski definition) is 0. The molecule has 1 aliphatic rings. The number of halogens is 4. The lowest BCUT2D eigenvalue weighted by Crippen LogP contribution is -2.39. The van der Waals surface area contributed by atoms with Crippen molar-refractivity contribution in [1.82, 2.24) is 4.90 Å². The summed E-state index contributed by atoms with van der Waals surface area (Å²) in [5, 5.41) is 0. The summed E-state index contributed by atoms with van der Waals surface area (Å²) in [5.41, 5.74) is 0. The molecule has 0 bridgehead atoms. The summed E-state index contributed by atoms with van der Waals surface area (Å²) in [4.78, 5) is 1.01. The second-order valence-electron chi connectivity index (χ2n) is 3.45. The van der Waals surface area contributed by atoms with Crippen LogP contribution in [0.25, 0.3) is 0 Å². The highest BCUT2D eigenvalue weighted by atomic mass is 19.3. The van der Waals surface area contributed by atoms with Gasteiger partial charge in [-0.25, -0.2) is 17.6 Å². The third-order valence-electron chi connectivity index (χ3n) is 2.09. The molecule has 0 aromatic carbocycles. The lowest BCUT2D eigenvalue weighted by atomic mass is 10.1. The van der Waals surface area contributed by atoms with Gasteiger partial charge >= 0.3 is 0 Å². The third kappa shape index (κ3) is 1.88. The van der Waals surface area contributed by atoms with Crippen LogP contribution in [0.2, 0.25) is 0 Å². The first-order chi connectivity index (χ1) is 5.22. The Morgan fingerprint density at radius 3 is 2.08 bits per heavy atom. The van der Waals surface area contributed by atoms with Crippen molar-refractivity contribution in [2.45, 2.75) is 31.2 Å². The Labute approximate surface area is 68.3 Å². The predicted molar refractivity (Wildman–Crippen MR) is 36.6 cm³/mol. The molecule has 1 rings (SSSR count). The van der Waals surface area contributed by atoms with Crippen molar-refractivity contribution in [2.75, 3.05) is 13.6 Å². The lowest BCUT2D eigenvalue weighted by Gasteiger charge is -2.24. The summed E-state index contributed by atoms with van der Waals surface area (Å²) in [5.74, 6) is -6.01. The minimum Gasteiger partial charge on any atom is -0.292 e. The SMILES string of the molecule is CN1CC(F)(F)CC1C(C)(F)F. The van der Waals surface area contributed by atoms with Crippen LogP contribution in [0, 0.1) is 0 Å². The molecule has 1 nitrogen and oxygen atoms in total. The molecule has 0 aromatic heterocycles.